The van der Waals surface area contributed by atoms with Crippen LogP contribution in [0.2, 0.25) is 0 Å². The number of hydrogen-bond acceptors (Lipinski definition) is 5. The molecule has 1 aliphatic heterocycles. The van der Waals surface area contributed by atoms with E-state index in [-0.39, 0.29) is 5.91 Å². The molecule has 4 rings (SSSR count). The number of hydroxylamine groups is 1. The Labute approximate surface area is 179 Å². The molecule has 1 amide bonds. The molecule has 8 nitrogen and oxygen atoms in total. The smallest absolute Gasteiger partial charge is 0.254 e. The van der Waals surface area contributed by atoms with Crippen molar-refractivity contribution in [3.8, 4) is 17.3 Å². The fourth-order valence-electron chi connectivity index (χ4n) is 3.52. The molecule has 0 unspecified atom stereocenters. The van der Waals surface area contributed by atoms with E-state index in [2.05, 4.69) is 26.8 Å². The van der Waals surface area contributed by atoms with Gasteiger partial charge < -0.3 is 5.32 Å². The number of nitrogens with zero attached hydrogens (tertiary/aromatic N) is 4. The molecule has 0 atom stereocenters. The number of benzene rings is 1. The van der Waals surface area contributed by atoms with E-state index in [1.165, 1.54) is 0 Å². The normalized spacial score (nSPS) is 13.5. The van der Waals surface area contributed by atoms with Crippen molar-refractivity contribution in [2.24, 2.45) is 4.99 Å². The van der Waals surface area contributed by atoms with E-state index in [0.717, 1.165) is 23.2 Å². The van der Waals surface area contributed by atoms with Crippen LogP contribution < -0.4 is 10.8 Å². The Morgan fingerprint density at radius 3 is 3.10 bits per heavy atom. The Morgan fingerprint density at radius 2 is 2.32 bits per heavy atom. The number of hydrogen-bond donors (Lipinski definition) is 2. The summed E-state index contributed by atoms with van der Waals surface area (Å²) >= 11 is 0. The summed E-state index contributed by atoms with van der Waals surface area (Å²) in [4.78, 5) is 27.1. The molecule has 1 aliphatic rings. The lowest BCUT2D eigenvalue weighted by Crippen LogP contribution is -2.22. The molecule has 0 radical (unpaired) electrons. The monoisotopic (exact) mass is 414 g/mol. The van der Waals surface area contributed by atoms with E-state index in [0.29, 0.717) is 41.4 Å². The van der Waals surface area contributed by atoms with Crippen LogP contribution in [0.15, 0.2) is 53.8 Å². The number of nitrogens with one attached hydrogen (secondary N) is 2. The highest BCUT2D eigenvalue weighted by atomic mass is 16.6. The van der Waals surface area contributed by atoms with Crippen molar-refractivity contribution in [3.05, 3.63) is 65.5 Å². The Kier molecular flexibility index (Phi) is 5.78. The number of aliphatic imine (C=N–C) groups is 1. The molecule has 0 saturated heterocycles. The summed E-state index contributed by atoms with van der Waals surface area (Å²) in [5.74, 6) is 0.356. The maximum atomic E-state index is 12.6. The maximum absolute atomic E-state index is 12.6. The van der Waals surface area contributed by atoms with E-state index in [1.54, 1.807) is 24.4 Å². The largest absolute Gasteiger partial charge is 0.348 e. The van der Waals surface area contributed by atoms with Gasteiger partial charge in [-0.1, -0.05) is 19.1 Å². The van der Waals surface area contributed by atoms with Gasteiger partial charge in [0, 0.05) is 18.3 Å². The molecule has 3 heterocycles. The van der Waals surface area contributed by atoms with Crippen LogP contribution in [0.25, 0.3) is 16.9 Å². The second-order valence-electron chi connectivity index (χ2n) is 7.01. The molecule has 156 valence electrons. The van der Waals surface area contributed by atoms with Gasteiger partial charge in [-0.15, -0.1) is 0 Å². The molecular formula is C23H22N6O2. The zero-order valence-electron chi connectivity index (χ0n) is 17.3. The first kappa shape index (κ1) is 20.3. The summed E-state index contributed by atoms with van der Waals surface area (Å²) < 4.78 is 1.91. The lowest BCUT2D eigenvalue weighted by Gasteiger charge is -2.11. The van der Waals surface area contributed by atoms with E-state index in [4.69, 9.17) is 10.1 Å². The third kappa shape index (κ3) is 3.91. The molecule has 2 aromatic heterocycles. The standard InChI is InChI=1S/C23H22N6O2/c1-3-5-20(28-31-10-4-2)27-18-7-6-16(17-13-26-23(30)22(17)18)19-14-25-21-11-15(12-24)8-9-29(19)21/h3,5-9,11,14H,4,10,13H2,1-2H3,(H,26,30)(H,27,28)/b5-3-. The number of fused-ring (bicyclic) bond motifs is 2. The highest BCUT2D eigenvalue weighted by Crippen LogP contribution is 2.35. The minimum Gasteiger partial charge on any atom is -0.348 e. The molecule has 0 spiro atoms. The Morgan fingerprint density at radius 1 is 1.45 bits per heavy atom. The van der Waals surface area contributed by atoms with Crippen LogP contribution in [0.4, 0.5) is 5.69 Å². The van der Waals surface area contributed by atoms with E-state index in [1.807, 2.05) is 42.7 Å². The van der Waals surface area contributed by atoms with Gasteiger partial charge in [0.25, 0.3) is 5.91 Å². The van der Waals surface area contributed by atoms with Gasteiger partial charge in [-0.3, -0.25) is 14.0 Å². The Hall–Kier alpha value is -3.96. The van der Waals surface area contributed by atoms with Crippen molar-refractivity contribution in [2.75, 3.05) is 6.61 Å². The SMILES string of the molecule is C/C=C\C(=Nc1ccc(-c2cnc3cc(C#N)ccn23)c2c1C(=O)NC2)NOCCC. The molecule has 3 aromatic rings. The molecule has 0 saturated carbocycles. The number of imidazole rings is 1. The van der Waals surface area contributed by atoms with Gasteiger partial charge in [0.2, 0.25) is 0 Å². The molecule has 8 heteroatoms. The predicted octanol–water partition coefficient (Wildman–Crippen LogP) is 3.65. The highest BCUT2D eigenvalue weighted by Gasteiger charge is 2.27. The van der Waals surface area contributed by atoms with E-state index >= 15 is 0 Å². The number of allylic oxidation sites excluding steroid dienone is 1. The fraction of sp³-hybridized carbons (Fsp3) is 0.217. The molecule has 2 N–H and O–H groups in total. The fourth-order valence-corrected chi connectivity index (χ4v) is 3.52. The van der Waals surface area contributed by atoms with Gasteiger partial charge in [-0.05, 0) is 43.2 Å². The lowest BCUT2D eigenvalue weighted by molar-refractivity contribution is 0.0862. The zero-order valence-corrected chi connectivity index (χ0v) is 17.3. The number of amidine groups is 1. The predicted molar refractivity (Wildman–Crippen MR) is 118 cm³/mol. The number of pyridine rings is 1. The van der Waals surface area contributed by atoms with Crippen LogP contribution in [0.1, 0.15) is 41.8 Å². The molecule has 1 aromatic carbocycles. The van der Waals surface area contributed by atoms with Crippen LogP contribution in [0.3, 0.4) is 0 Å². The Balaban J connectivity index is 1.80. The van der Waals surface area contributed by atoms with Crippen molar-refractivity contribution >= 4 is 23.1 Å². The van der Waals surface area contributed by atoms with Gasteiger partial charge in [0.05, 0.1) is 41.4 Å². The molecule has 31 heavy (non-hydrogen) atoms. The minimum atomic E-state index is -0.162. The van der Waals surface area contributed by atoms with E-state index < -0.39 is 0 Å². The zero-order chi connectivity index (χ0) is 21.8. The third-order valence-corrected chi connectivity index (χ3v) is 4.91. The molecule has 0 aliphatic carbocycles. The quantitative estimate of drug-likeness (QED) is 0.277. The number of carbonyl (C=O) groups is 1. The van der Waals surface area contributed by atoms with Crippen molar-refractivity contribution in [1.82, 2.24) is 20.2 Å². The van der Waals surface area contributed by atoms with Gasteiger partial charge in [0.1, 0.15) is 11.5 Å². The molecule has 0 fully saturated rings. The van der Waals surface area contributed by atoms with Crippen molar-refractivity contribution < 1.29 is 9.63 Å². The summed E-state index contributed by atoms with van der Waals surface area (Å²) in [6, 6.07) is 9.37. The first-order valence-corrected chi connectivity index (χ1v) is 10.1. The van der Waals surface area contributed by atoms with E-state index in [9.17, 15) is 4.79 Å². The van der Waals surface area contributed by atoms with Crippen molar-refractivity contribution in [1.29, 1.82) is 5.26 Å². The summed E-state index contributed by atoms with van der Waals surface area (Å²) in [5, 5.41) is 12.0. The van der Waals surface area contributed by atoms with Gasteiger partial charge in [-0.2, -0.15) is 5.26 Å². The summed E-state index contributed by atoms with van der Waals surface area (Å²) in [7, 11) is 0. The molecule has 0 bridgehead atoms. The van der Waals surface area contributed by atoms with Crippen molar-refractivity contribution in [3.63, 3.8) is 0 Å². The topological polar surface area (TPSA) is 104 Å². The number of aromatic nitrogens is 2. The average Bonchev–Trinajstić information content (AvgIpc) is 3.38. The first-order valence-electron chi connectivity index (χ1n) is 10.1. The van der Waals surface area contributed by atoms with Crippen LogP contribution in [0.5, 0.6) is 0 Å². The van der Waals surface area contributed by atoms with Gasteiger partial charge in [-0.25, -0.2) is 15.5 Å². The number of nitriles is 1. The molecular weight excluding hydrogens is 392 g/mol. The van der Waals surface area contributed by atoms with Crippen molar-refractivity contribution in [2.45, 2.75) is 26.8 Å². The number of carbonyl (C=O) groups excluding carboxylic acids is 1. The highest BCUT2D eigenvalue weighted by molar-refractivity contribution is 6.06. The number of amides is 1. The second-order valence-corrected chi connectivity index (χ2v) is 7.01. The van der Waals surface area contributed by atoms with Gasteiger partial charge >= 0.3 is 0 Å². The van der Waals surface area contributed by atoms with Crippen LogP contribution in [-0.2, 0) is 11.4 Å². The first-order chi connectivity index (χ1) is 15.2. The van der Waals surface area contributed by atoms with Crippen LogP contribution >= 0.6 is 0 Å². The van der Waals surface area contributed by atoms with Gasteiger partial charge in [0.15, 0.2) is 0 Å². The van der Waals surface area contributed by atoms with Crippen LogP contribution in [-0.4, -0.2) is 27.7 Å². The maximum Gasteiger partial charge on any atom is 0.254 e. The number of rotatable bonds is 6. The average molecular weight is 414 g/mol. The second kappa shape index (κ2) is 8.81. The van der Waals surface area contributed by atoms with Crippen LogP contribution in [0, 0.1) is 11.3 Å². The Bertz CT molecular complexity index is 1250. The summed E-state index contributed by atoms with van der Waals surface area (Å²) in [6.45, 7) is 4.87. The third-order valence-electron chi connectivity index (χ3n) is 4.91. The minimum absolute atomic E-state index is 0.162. The lowest BCUT2D eigenvalue weighted by atomic mass is 9.99. The summed E-state index contributed by atoms with van der Waals surface area (Å²) in [5.41, 5.74) is 7.78. The summed E-state index contributed by atoms with van der Waals surface area (Å²) in [6.07, 6.45) is 8.09.